The minimum atomic E-state index is -0.991. The molecule has 5 heteroatoms. The van der Waals surface area contributed by atoms with Crippen LogP contribution in [-0.4, -0.2) is 20.9 Å². The van der Waals surface area contributed by atoms with Crippen LogP contribution in [0.2, 0.25) is 0 Å². The van der Waals surface area contributed by atoms with Gasteiger partial charge in [-0.25, -0.2) is 9.48 Å². The number of nitrogen functional groups attached to an aromatic ring is 1. The summed E-state index contributed by atoms with van der Waals surface area (Å²) in [4.78, 5) is 10.7. The van der Waals surface area contributed by atoms with Crippen LogP contribution in [0, 0.1) is 6.92 Å². The average Bonchev–Trinajstić information content (AvgIpc) is 2.64. The van der Waals surface area contributed by atoms with Gasteiger partial charge in [0.15, 0.2) is 0 Å². The molecule has 0 amide bonds. The molecule has 0 aliphatic heterocycles. The van der Waals surface area contributed by atoms with Crippen LogP contribution < -0.4 is 5.73 Å². The third-order valence-electron chi connectivity index (χ3n) is 2.24. The number of hydrogen-bond donors (Lipinski definition) is 2. The Morgan fingerprint density at radius 2 is 2.19 bits per heavy atom. The smallest absolute Gasteiger partial charge is 0.335 e. The summed E-state index contributed by atoms with van der Waals surface area (Å²) in [6, 6.07) is 6.43. The maximum Gasteiger partial charge on any atom is 0.335 e. The molecule has 0 aliphatic carbocycles. The summed E-state index contributed by atoms with van der Waals surface area (Å²) in [6.45, 7) is 1.87. The van der Waals surface area contributed by atoms with Gasteiger partial charge in [-0.05, 0) is 31.2 Å². The number of anilines is 1. The van der Waals surface area contributed by atoms with Gasteiger partial charge in [-0.1, -0.05) is 0 Å². The van der Waals surface area contributed by atoms with Crippen molar-refractivity contribution in [1.29, 1.82) is 0 Å². The Bertz CT molecular complexity index is 546. The fourth-order valence-electron chi connectivity index (χ4n) is 1.45. The van der Waals surface area contributed by atoms with E-state index in [-0.39, 0.29) is 5.56 Å². The second-order valence-electron chi connectivity index (χ2n) is 3.48. The van der Waals surface area contributed by atoms with Crippen molar-refractivity contribution < 1.29 is 9.90 Å². The van der Waals surface area contributed by atoms with Crippen LogP contribution in [0.25, 0.3) is 5.69 Å². The standard InChI is InChI=1S/C11H11N3O2/c1-7-4-5-14(13-7)10-3-2-8(11(15)16)6-9(10)12/h2-6H,12H2,1H3,(H,15,16). The number of carbonyl (C=O) groups is 1. The van der Waals surface area contributed by atoms with Crippen molar-refractivity contribution in [3.8, 4) is 5.69 Å². The largest absolute Gasteiger partial charge is 0.478 e. The predicted octanol–water partition coefficient (Wildman–Crippen LogP) is 1.46. The first-order valence-corrected chi connectivity index (χ1v) is 4.73. The van der Waals surface area contributed by atoms with Gasteiger partial charge in [-0.2, -0.15) is 5.10 Å². The number of nitrogens with two attached hydrogens (primary N) is 1. The molecule has 0 aliphatic rings. The van der Waals surface area contributed by atoms with Crippen molar-refractivity contribution in [3.05, 3.63) is 41.7 Å². The Hall–Kier alpha value is -2.30. The van der Waals surface area contributed by atoms with Crippen molar-refractivity contribution in [2.24, 2.45) is 0 Å². The first-order chi connectivity index (χ1) is 7.58. The fraction of sp³-hybridized carbons (Fsp3) is 0.0909. The number of hydrogen-bond acceptors (Lipinski definition) is 3. The van der Waals surface area contributed by atoms with Crippen molar-refractivity contribution in [3.63, 3.8) is 0 Å². The quantitative estimate of drug-likeness (QED) is 0.746. The highest BCUT2D eigenvalue weighted by Gasteiger charge is 2.07. The first-order valence-electron chi connectivity index (χ1n) is 4.73. The van der Waals surface area contributed by atoms with E-state index in [4.69, 9.17) is 10.8 Å². The third kappa shape index (κ3) is 1.75. The van der Waals surface area contributed by atoms with Crippen molar-refractivity contribution >= 4 is 11.7 Å². The molecule has 0 radical (unpaired) electrons. The highest BCUT2D eigenvalue weighted by Crippen LogP contribution is 2.18. The van der Waals surface area contributed by atoms with Crippen LogP contribution in [0.4, 0.5) is 5.69 Å². The van der Waals surface area contributed by atoms with E-state index in [0.29, 0.717) is 11.4 Å². The lowest BCUT2D eigenvalue weighted by Gasteiger charge is -2.06. The van der Waals surface area contributed by atoms with Crippen molar-refractivity contribution in [1.82, 2.24) is 9.78 Å². The zero-order chi connectivity index (χ0) is 11.7. The number of aromatic carboxylic acids is 1. The van der Waals surface area contributed by atoms with E-state index in [0.717, 1.165) is 5.69 Å². The molecule has 5 nitrogen and oxygen atoms in total. The van der Waals surface area contributed by atoms with Crippen LogP contribution >= 0.6 is 0 Å². The molecule has 16 heavy (non-hydrogen) atoms. The van der Waals surface area contributed by atoms with E-state index in [1.165, 1.54) is 12.1 Å². The van der Waals surface area contributed by atoms with Gasteiger partial charge in [0, 0.05) is 6.20 Å². The summed E-state index contributed by atoms with van der Waals surface area (Å²) < 4.78 is 1.62. The van der Waals surface area contributed by atoms with Crippen LogP contribution in [0.15, 0.2) is 30.5 Å². The van der Waals surface area contributed by atoms with Gasteiger partial charge in [0.1, 0.15) is 0 Å². The SMILES string of the molecule is Cc1ccn(-c2ccc(C(=O)O)cc2N)n1. The summed E-state index contributed by atoms with van der Waals surface area (Å²) in [5, 5.41) is 13.0. The van der Waals surface area contributed by atoms with Gasteiger partial charge >= 0.3 is 5.97 Å². The van der Waals surface area contributed by atoms with Crippen molar-refractivity contribution in [2.75, 3.05) is 5.73 Å². The van der Waals surface area contributed by atoms with Gasteiger partial charge < -0.3 is 10.8 Å². The third-order valence-corrected chi connectivity index (χ3v) is 2.24. The molecule has 1 heterocycles. The number of carboxylic acid groups (broad SMARTS) is 1. The second kappa shape index (κ2) is 3.69. The molecular formula is C11H11N3O2. The molecule has 82 valence electrons. The monoisotopic (exact) mass is 217 g/mol. The zero-order valence-corrected chi connectivity index (χ0v) is 8.71. The Morgan fingerprint density at radius 3 is 2.69 bits per heavy atom. The maximum absolute atomic E-state index is 10.7. The Kier molecular flexibility index (Phi) is 2.36. The zero-order valence-electron chi connectivity index (χ0n) is 8.71. The topological polar surface area (TPSA) is 81.1 Å². The first kappa shape index (κ1) is 10.2. The molecule has 0 saturated heterocycles. The summed E-state index contributed by atoms with van der Waals surface area (Å²) in [6.07, 6.45) is 1.78. The molecule has 0 fully saturated rings. The van der Waals surface area contributed by atoms with E-state index in [1.807, 2.05) is 13.0 Å². The predicted molar refractivity (Wildman–Crippen MR) is 59.7 cm³/mol. The molecule has 0 atom stereocenters. The van der Waals surface area contributed by atoms with E-state index in [2.05, 4.69) is 5.10 Å². The van der Waals surface area contributed by atoms with Crippen LogP contribution in [0.1, 0.15) is 16.1 Å². The Labute approximate surface area is 92.1 Å². The molecule has 1 aromatic carbocycles. The number of benzene rings is 1. The average molecular weight is 217 g/mol. The fourth-order valence-corrected chi connectivity index (χ4v) is 1.45. The summed E-state index contributed by atoms with van der Waals surface area (Å²) in [5.74, 6) is -0.991. The van der Waals surface area contributed by atoms with Crippen LogP contribution in [-0.2, 0) is 0 Å². The van der Waals surface area contributed by atoms with E-state index in [9.17, 15) is 4.79 Å². The minimum Gasteiger partial charge on any atom is -0.478 e. The molecule has 1 aromatic heterocycles. The molecule has 0 spiro atoms. The highest BCUT2D eigenvalue weighted by atomic mass is 16.4. The number of aromatic nitrogens is 2. The molecule has 0 bridgehead atoms. The molecule has 0 saturated carbocycles. The van der Waals surface area contributed by atoms with Gasteiger partial charge in [0.25, 0.3) is 0 Å². The van der Waals surface area contributed by atoms with E-state index < -0.39 is 5.97 Å². The van der Waals surface area contributed by atoms with Gasteiger partial charge in [-0.15, -0.1) is 0 Å². The normalized spacial score (nSPS) is 10.3. The summed E-state index contributed by atoms with van der Waals surface area (Å²) in [7, 11) is 0. The summed E-state index contributed by atoms with van der Waals surface area (Å²) in [5.41, 5.74) is 7.89. The molecular weight excluding hydrogens is 206 g/mol. The van der Waals surface area contributed by atoms with Crippen molar-refractivity contribution in [2.45, 2.75) is 6.92 Å². The number of rotatable bonds is 2. The Morgan fingerprint density at radius 1 is 1.44 bits per heavy atom. The van der Waals surface area contributed by atoms with Crippen LogP contribution in [0.5, 0.6) is 0 Å². The highest BCUT2D eigenvalue weighted by molar-refractivity contribution is 5.89. The van der Waals surface area contributed by atoms with E-state index in [1.54, 1.807) is 16.9 Å². The lowest BCUT2D eigenvalue weighted by molar-refractivity contribution is 0.0697. The number of aryl methyl sites for hydroxylation is 1. The van der Waals surface area contributed by atoms with Crippen LogP contribution in [0.3, 0.4) is 0 Å². The van der Waals surface area contributed by atoms with Gasteiger partial charge in [0.05, 0.1) is 22.6 Å². The maximum atomic E-state index is 10.7. The van der Waals surface area contributed by atoms with Gasteiger partial charge in [0.2, 0.25) is 0 Å². The minimum absolute atomic E-state index is 0.171. The lowest BCUT2D eigenvalue weighted by Crippen LogP contribution is -2.04. The second-order valence-corrected chi connectivity index (χ2v) is 3.48. The number of nitrogens with zero attached hydrogens (tertiary/aromatic N) is 2. The van der Waals surface area contributed by atoms with Gasteiger partial charge in [-0.3, -0.25) is 0 Å². The van der Waals surface area contributed by atoms with E-state index >= 15 is 0 Å². The molecule has 0 unspecified atom stereocenters. The number of carboxylic acids is 1. The summed E-state index contributed by atoms with van der Waals surface area (Å²) >= 11 is 0. The molecule has 3 N–H and O–H groups in total. The Balaban J connectivity index is 2.47. The molecule has 2 aromatic rings. The lowest BCUT2D eigenvalue weighted by atomic mass is 10.2. The molecule has 2 rings (SSSR count).